The average molecular weight is 405 g/mol. The third-order valence-electron chi connectivity index (χ3n) is 4.66. The van der Waals surface area contributed by atoms with Crippen molar-refractivity contribution in [2.75, 3.05) is 20.8 Å². The first kappa shape index (κ1) is 21.2. The van der Waals surface area contributed by atoms with Gasteiger partial charge in [-0.25, -0.2) is 0 Å². The van der Waals surface area contributed by atoms with E-state index < -0.39 is 0 Å². The molecule has 0 unspecified atom stereocenters. The minimum Gasteiger partial charge on any atom is -0.493 e. The highest BCUT2D eigenvalue weighted by molar-refractivity contribution is 5.77. The summed E-state index contributed by atoms with van der Waals surface area (Å²) in [6.07, 6.45) is 0. The van der Waals surface area contributed by atoms with Crippen LogP contribution in [0, 0.1) is 6.92 Å². The molecule has 0 saturated heterocycles. The first-order valence-corrected chi connectivity index (χ1v) is 9.82. The molecule has 3 rings (SSSR count). The molecule has 0 fully saturated rings. The van der Waals surface area contributed by atoms with Gasteiger partial charge in [-0.15, -0.1) is 0 Å². The van der Waals surface area contributed by atoms with Crippen molar-refractivity contribution in [1.82, 2.24) is 4.90 Å². The number of methoxy groups -OCH3 is 1. The minimum atomic E-state index is -0.0973. The predicted octanol–water partition coefficient (Wildman–Crippen LogP) is 4.62. The predicted molar refractivity (Wildman–Crippen MR) is 117 cm³/mol. The van der Waals surface area contributed by atoms with Crippen molar-refractivity contribution in [2.24, 2.45) is 0 Å². The van der Waals surface area contributed by atoms with Crippen LogP contribution in [-0.2, 0) is 17.9 Å². The molecular weight excluding hydrogens is 378 g/mol. The Kier molecular flexibility index (Phi) is 7.33. The van der Waals surface area contributed by atoms with Crippen molar-refractivity contribution in [3.05, 3.63) is 89.5 Å². The van der Waals surface area contributed by atoms with E-state index in [4.69, 9.17) is 14.2 Å². The van der Waals surface area contributed by atoms with Crippen LogP contribution in [0.25, 0.3) is 0 Å². The lowest BCUT2D eigenvalue weighted by Crippen LogP contribution is -2.30. The van der Waals surface area contributed by atoms with Gasteiger partial charge in [-0.3, -0.25) is 4.79 Å². The van der Waals surface area contributed by atoms with E-state index in [0.717, 1.165) is 16.7 Å². The van der Waals surface area contributed by atoms with Crippen LogP contribution in [0.4, 0.5) is 0 Å². The molecule has 0 atom stereocenters. The number of likely N-dealkylation sites (N-methyl/N-ethyl adjacent to an activating group) is 1. The SMILES string of the molecule is COc1cc(CN(C)C(=O)COc2cccc(C)c2)ccc1OCc1ccccc1. The summed E-state index contributed by atoms with van der Waals surface area (Å²) in [5, 5.41) is 0. The van der Waals surface area contributed by atoms with Crippen molar-refractivity contribution in [2.45, 2.75) is 20.1 Å². The lowest BCUT2D eigenvalue weighted by atomic mass is 10.2. The van der Waals surface area contributed by atoms with Crippen molar-refractivity contribution < 1.29 is 19.0 Å². The molecule has 156 valence electrons. The second kappa shape index (κ2) is 10.3. The van der Waals surface area contributed by atoms with Gasteiger partial charge in [-0.05, 0) is 47.9 Å². The van der Waals surface area contributed by atoms with Gasteiger partial charge >= 0.3 is 0 Å². The molecule has 5 nitrogen and oxygen atoms in total. The van der Waals surface area contributed by atoms with E-state index in [2.05, 4.69) is 0 Å². The Balaban J connectivity index is 1.56. The first-order chi connectivity index (χ1) is 14.5. The van der Waals surface area contributed by atoms with Crippen molar-refractivity contribution in [3.63, 3.8) is 0 Å². The van der Waals surface area contributed by atoms with Crippen LogP contribution < -0.4 is 14.2 Å². The topological polar surface area (TPSA) is 48.0 Å². The number of nitrogens with zero attached hydrogens (tertiary/aromatic N) is 1. The molecular formula is C25H27NO4. The Morgan fingerprint density at radius 2 is 1.67 bits per heavy atom. The zero-order chi connectivity index (χ0) is 21.3. The van der Waals surface area contributed by atoms with Gasteiger partial charge in [0.15, 0.2) is 18.1 Å². The second-order valence-electron chi connectivity index (χ2n) is 7.11. The standard InChI is InChI=1S/C25H27NO4/c1-19-8-7-11-22(14-19)29-18-25(27)26(2)16-21-12-13-23(24(15-21)28-3)30-17-20-9-5-4-6-10-20/h4-15H,16-18H2,1-3H3. The molecule has 3 aromatic rings. The van der Waals surface area contributed by atoms with Crippen molar-refractivity contribution >= 4 is 5.91 Å². The molecule has 0 aliphatic heterocycles. The van der Waals surface area contributed by atoms with Crippen LogP contribution in [0.5, 0.6) is 17.2 Å². The molecule has 0 aliphatic carbocycles. The van der Waals surface area contributed by atoms with E-state index in [1.54, 1.807) is 19.1 Å². The maximum atomic E-state index is 12.4. The molecule has 0 aromatic heterocycles. The summed E-state index contributed by atoms with van der Waals surface area (Å²) in [4.78, 5) is 14.1. The third-order valence-corrected chi connectivity index (χ3v) is 4.66. The highest BCUT2D eigenvalue weighted by Gasteiger charge is 2.13. The summed E-state index contributed by atoms with van der Waals surface area (Å²) < 4.78 is 17.0. The average Bonchev–Trinajstić information content (AvgIpc) is 2.77. The molecule has 0 spiro atoms. The second-order valence-corrected chi connectivity index (χ2v) is 7.11. The number of aryl methyl sites for hydroxylation is 1. The Hall–Kier alpha value is -3.47. The normalized spacial score (nSPS) is 10.4. The van der Waals surface area contributed by atoms with Gasteiger partial charge in [0.05, 0.1) is 7.11 Å². The van der Waals surface area contributed by atoms with Crippen LogP contribution in [0.1, 0.15) is 16.7 Å². The molecule has 0 radical (unpaired) electrons. The largest absolute Gasteiger partial charge is 0.493 e. The highest BCUT2D eigenvalue weighted by atomic mass is 16.5. The number of hydrogen-bond acceptors (Lipinski definition) is 4. The van der Waals surface area contributed by atoms with Crippen LogP contribution in [0.3, 0.4) is 0 Å². The van der Waals surface area contributed by atoms with Gasteiger partial charge < -0.3 is 19.1 Å². The number of carbonyl (C=O) groups excluding carboxylic acids is 1. The lowest BCUT2D eigenvalue weighted by Gasteiger charge is -2.19. The molecule has 0 saturated carbocycles. The molecule has 0 heterocycles. The lowest BCUT2D eigenvalue weighted by molar-refractivity contribution is -0.132. The Morgan fingerprint density at radius 3 is 2.40 bits per heavy atom. The summed E-state index contributed by atoms with van der Waals surface area (Å²) in [6.45, 7) is 2.90. The quantitative estimate of drug-likeness (QED) is 0.521. The Labute approximate surface area is 177 Å². The van der Waals surface area contributed by atoms with Crippen molar-refractivity contribution in [1.29, 1.82) is 0 Å². The summed E-state index contributed by atoms with van der Waals surface area (Å²) in [5.41, 5.74) is 3.13. The molecule has 3 aromatic carbocycles. The van der Waals surface area contributed by atoms with Crippen LogP contribution in [0.2, 0.25) is 0 Å². The molecule has 5 heteroatoms. The van der Waals surface area contributed by atoms with Crippen LogP contribution >= 0.6 is 0 Å². The number of carbonyl (C=O) groups is 1. The van der Waals surface area contributed by atoms with E-state index in [0.29, 0.717) is 30.4 Å². The van der Waals surface area contributed by atoms with Gasteiger partial charge in [0, 0.05) is 13.6 Å². The summed E-state index contributed by atoms with van der Waals surface area (Å²) >= 11 is 0. The molecule has 30 heavy (non-hydrogen) atoms. The van der Waals surface area contributed by atoms with Crippen molar-refractivity contribution in [3.8, 4) is 17.2 Å². The first-order valence-electron chi connectivity index (χ1n) is 9.82. The third kappa shape index (κ3) is 6.01. The van der Waals surface area contributed by atoms with E-state index in [1.807, 2.05) is 79.7 Å². The fraction of sp³-hybridized carbons (Fsp3) is 0.240. The summed E-state index contributed by atoms with van der Waals surface area (Å²) in [5.74, 6) is 1.90. The van der Waals surface area contributed by atoms with Crippen LogP contribution in [0.15, 0.2) is 72.8 Å². The maximum Gasteiger partial charge on any atom is 0.260 e. The van der Waals surface area contributed by atoms with Gasteiger partial charge in [-0.2, -0.15) is 0 Å². The Morgan fingerprint density at radius 1 is 0.867 bits per heavy atom. The number of rotatable bonds is 9. The Bertz CT molecular complexity index is 972. The van der Waals surface area contributed by atoms with Gasteiger partial charge in [0.2, 0.25) is 0 Å². The van der Waals surface area contributed by atoms with Gasteiger partial charge in [0.25, 0.3) is 5.91 Å². The highest BCUT2D eigenvalue weighted by Crippen LogP contribution is 2.29. The fourth-order valence-electron chi connectivity index (χ4n) is 2.99. The monoisotopic (exact) mass is 405 g/mol. The number of amides is 1. The minimum absolute atomic E-state index is 0.00460. The molecule has 0 aliphatic rings. The summed E-state index contributed by atoms with van der Waals surface area (Å²) in [7, 11) is 3.37. The number of ether oxygens (including phenoxy) is 3. The van der Waals surface area contributed by atoms with Crippen LogP contribution in [-0.4, -0.2) is 31.6 Å². The fourth-order valence-corrected chi connectivity index (χ4v) is 2.99. The van der Waals surface area contributed by atoms with Gasteiger partial charge in [-0.1, -0.05) is 48.5 Å². The molecule has 0 N–H and O–H groups in total. The zero-order valence-electron chi connectivity index (χ0n) is 17.6. The number of benzene rings is 3. The molecule has 0 bridgehead atoms. The number of hydrogen-bond donors (Lipinski definition) is 0. The smallest absolute Gasteiger partial charge is 0.260 e. The summed E-state index contributed by atoms with van der Waals surface area (Å²) in [6, 6.07) is 23.3. The maximum absolute atomic E-state index is 12.4. The van der Waals surface area contributed by atoms with E-state index in [-0.39, 0.29) is 12.5 Å². The zero-order valence-corrected chi connectivity index (χ0v) is 17.6. The van der Waals surface area contributed by atoms with E-state index in [9.17, 15) is 4.79 Å². The van der Waals surface area contributed by atoms with Gasteiger partial charge in [0.1, 0.15) is 12.4 Å². The molecule has 1 amide bonds. The van der Waals surface area contributed by atoms with E-state index >= 15 is 0 Å². The van der Waals surface area contributed by atoms with E-state index in [1.165, 1.54) is 0 Å².